The Morgan fingerprint density at radius 3 is 1.43 bits per heavy atom. The lowest BCUT2D eigenvalue weighted by Crippen LogP contribution is -2.31. The van der Waals surface area contributed by atoms with Crippen molar-refractivity contribution in [2.24, 2.45) is 0 Å². The zero-order valence-electron chi connectivity index (χ0n) is 15.6. The molecule has 148 valence electrons. The van der Waals surface area contributed by atoms with E-state index in [2.05, 4.69) is 10.6 Å². The molecular formula is C21H24N2O5. The van der Waals surface area contributed by atoms with Crippen LogP contribution in [0.2, 0.25) is 0 Å². The molecule has 0 aliphatic heterocycles. The molecule has 0 bridgehead atoms. The number of carbonyl (C=O) groups is 3. The second kappa shape index (κ2) is 12.1. The van der Waals surface area contributed by atoms with Crippen molar-refractivity contribution in [1.29, 1.82) is 0 Å². The normalized spacial score (nSPS) is 10.0. The van der Waals surface area contributed by atoms with Gasteiger partial charge >= 0.3 is 6.16 Å². The highest BCUT2D eigenvalue weighted by Crippen LogP contribution is 1.99. The van der Waals surface area contributed by atoms with Crippen molar-refractivity contribution in [3.05, 3.63) is 71.8 Å². The van der Waals surface area contributed by atoms with Gasteiger partial charge < -0.3 is 20.1 Å². The summed E-state index contributed by atoms with van der Waals surface area (Å²) in [5.41, 5.74) is 1.82. The third-order valence-electron chi connectivity index (χ3n) is 3.70. The van der Waals surface area contributed by atoms with Gasteiger partial charge in [0.15, 0.2) is 0 Å². The molecule has 2 amide bonds. The Morgan fingerprint density at radius 2 is 1.04 bits per heavy atom. The maximum absolute atomic E-state index is 11.7. The molecular weight excluding hydrogens is 360 g/mol. The monoisotopic (exact) mass is 384 g/mol. The maximum atomic E-state index is 11.7. The van der Waals surface area contributed by atoms with E-state index >= 15 is 0 Å². The molecule has 2 N–H and O–H groups in total. The molecule has 2 aromatic rings. The van der Waals surface area contributed by atoms with Crippen LogP contribution >= 0.6 is 0 Å². The average molecular weight is 384 g/mol. The van der Waals surface area contributed by atoms with Crippen molar-refractivity contribution in [3.63, 3.8) is 0 Å². The molecule has 28 heavy (non-hydrogen) atoms. The predicted molar refractivity (Wildman–Crippen MR) is 104 cm³/mol. The van der Waals surface area contributed by atoms with Gasteiger partial charge in [-0.25, -0.2) is 4.79 Å². The molecule has 0 aromatic heterocycles. The number of benzene rings is 2. The number of nitrogens with one attached hydrogen (secondary N) is 2. The van der Waals surface area contributed by atoms with Crippen LogP contribution in [-0.2, 0) is 31.9 Å². The SMILES string of the molecule is O=C(Cc1ccccc1)NCCOC(=O)OCCNC(=O)Cc1ccccc1. The van der Waals surface area contributed by atoms with Crippen molar-refractivity contribution >= 4 is 18.0 Å². The highest BCUT2D eigenvalue weighted by molar-refractivity contribution is 5.79. The van der Waals surface area contributed by atoms with E-state index in [4.69, 9.17) is 9.47 Å². The van der Waals surface area contributed by atoms with Crippen LogP contribution in [-0.4, -0.2) is 44.3 Å². The highest BCUT2D eigenvalue weighted by Gasteiger charge is 2.07. The molecule has 2 aromatic carbocycles. The second-order valence-electron chi connectivity index (χ2n) is 5.97. The Bertz CT molecular complexity index is 686. The molecule has 7 heteroatoms. The Morgan fingerprint density at radius 1 is 0.643 bits per heavy atom. The first-order valence-electron chi connectivity index (χ1n) is 9.04. The van der Waals surface area contributed by atoms with Crippen LogP contribution in [0.25, 0.3) is 0 Å². The van der Waals surface area contributed by atoms with Crippen LogP contribution in [0, 0.1) is 0 Å². The molecule has 0 unspecified atom stereocenters. The number of rotatable bonds is 10. The Kier molecular flexibility index (Phi) is 9.06. The summed E-state index contributed by atoms with van der Waals surface area (Å²) in [4.78, 5) is 34.9. The van der Waals surface area contributed by atoms with E-state index in [1.54, 1.807) is 0 Å². The van der Waals surface area contributed by atoms with Gasteiger partial charge in [0.25, 0.3) is 0 Å². The van der Waals surface area contributed by atoms with Gasteiger partial charge in [-0.05, 0) is 11.1 Å². The number of carbonyl (C=O) groups excluding carboxylic acids is 3. The largest absolute Gasteiger partial charge is 0.508 e. The lowest BCUT2D eigenvalue weighted by atomic mass is 10.1. The van der Waals surface area contributed by atoms with Gasteiger partial charge in [0.2, 0.25) is 11.8 Å². The number of amides is 2. The molecule has 0 aliphatic carbocycles. The third kappa shape index (κ3) is 8.84. The Balaban J connectivity index is 1.47. The van der Waals surface area contributed by atoms with E-state index in [1.165, 1.54) is 0 Å². The zero-order chi connectivity index (χ0) is 20.0. The average Bonchev–Trinajstić information content (AvgIpc) is 2.70. The molecule has 0 saturated heterocycles. The van der Waals surface area contributed by atoms with E-state index in [9.17, 15) is 14.4 Å². The third-order valence-corrected chi connectivity index (χ3v) is 3.70. The van der Waals surface area contributed by atoms with Crippen LogP contribution in [0.15, 0.2) is 60.7 Å². The van der Waals surface area contributed by atoms with Crippen molar-refractivity contribution < 1.29 is 23.9 Å². The summed E-state index contributed by atoms with van der Waals surface area (Å²) < 4.78 is 9.71. The molecule has 0 aliphatic rings. The minimum Gasteiger partial charge on any atom is -0.432 e. The minimum atomic E-state index is -0.838. The van der Waals surface area contributed by atoms with Crippen molar-refractivity contribution in [1.82, 2.24) is 10.6 Å². The molecule has 0 spiro atoms. The minimum absolute atomic E-state index is 0.0136. The summed E-state index contributed by atoms with van der Waals surface area (Å²) >= 11 is 0. The van der Waals surface area contributed by atoms with E-state index < -0.39 is 6.16 Å². The molecule has 0 atom stereocenters. The number of ether oxygens (including phenoxy) is 2. The molecule has 2 rings (SSSR count). The fourth-order valence-electron chi connectivity index (χ4n) is 2.38. The Hall–Kier alpha value is -3.35. The van der Waals surface area contributed by atoms with E-state index in [1.807, 2.05) is 60.7 Å². The summed E-state index contributed by atoms with van der Waals surface area (Å²) in [6, 6.07) is 18.7. The molecule has 7 nitrogen and oxygen atoms in total. The predicted octanol–water partition coefficient (Wildman–Crippen LogP) is 1.86. The van der Waals surface area contributed by atoms with E-state index in [-0.39, 0.29) is 51.0 Å². The van der Waals surface area contributed by atoms with Crippen molar-refractivity contribution in [2.45, 2.75) is 12.8 Å². The molecule has 0 heterocycles. The summed E-state index contributed by atoms with van der Waals surface area (Å²) in [6.45, 7) is 0.433. The van der Waals surface area contributed by atoms with E-state index in [0.717, 1.165) is 11.1 Å². The molecule has 0 radical (unpaired) electrons. The summed E-state index contributed by atoms with van der Waals surface area (Å²) in [6.07, 6.45) is -0.295. The Labute approximate surface area is 164 Å². The van der Waals surface area contributed by atoms with Crippen LogP contribution in [0.4, 0.5) is 4.79 Å². The van der Waals surface area contributed by atoms with Crippen LogP contribution < -0.4 is 10.6 Å². The number of hydrogen-bond acceptors (Lipinski definition) is 5. The van der Waals surface area contributed by atoms with Gasteiger partial charge in [0, 0.05) is 0 Å². The van der Waals surface area contributed by atoms with Gasteiger partial charge in [0.05, 0.1) is 25.9 Å². The lowest BCUT2D eigenvalue weighted by molar-refractivity contribution is -0.121. The standard InChI is InChI=1S/C21H24N2O5/c24-19(15-17-7-3-1-4-8-17)22-11-13-27-21(26)28-14-12-23-20(25)16-18-9-5-2-6-10-18/h1-10H,11-16H2,(H,22,24)(H,23,25). The van der Waals surface area contributed by atoms with Gasteiger partial charge in [0.1, 0.15) is 13.2 Å². The van der Waals surface area contributed by atoms with Gasteiger partial charge in [-0.3, -0.25) is 9.59 Å². The van der Waals surface area contributed by atoms with Gasteiger partial charge in [-0.1, -0.05) is 60.7 Å². The maximum Gasteiger partial charge on any atom is 0.508 e. The molecule has 0 fully saturated rings. The first kappa shape index (κ1) is 21.0. The van der Waals surface area contributed by atoms with Crippen LogP contribution in [0.5, 0.6) is 0 Å². The first-order chi connectivity index (χ1) is 13.6. The van der Waals surface area contributed by atoms with Crippen LogP contribution in [0.1, 0.15) is 11.1 Å². The van der Waals surface area contributed by atoms with Crippen LogP contribution in [0.3, 0.4) is 0 Å². The fourth-order valence-corrected chi connectivity index (χ4v) is 2.38. The highest BCUT2D eigenvalue weighted by atomic mass is 16.7. The van der Waals surface area contributed by atoms with Crippen molar-refractivity contribution in [2.75, 3.05) is 26.3 Å². The fraction of sp³-hybridized carbons (Fsp3) is 0.286. The smallest absolute Gasteiger partial charge is 0.432 e. The van der Waals surface area contributed by atoms with Gasteiger partial charge in [-0.2, -0.15) is 0 Å². The van der Waals surface area contributed by atoms with Crippen molar-refractivity contribution in [3.8, 4) is 0 Å². The summed E-state index contributed by atoms with van der Waals surface area (Å²) in [5.74, 6) is -0.298. The topological polar surface area (TPSA) is 93.7 Å². The summed E-state index contributed by atoms with van der Waals surface area (Å²) in [7, 11) is 0. The first-order valence-corrected chi connectivity index (χ1v) is 9.04. The zero-order valence-corrected chi connectivity index (χ0v) is 15.6. The lowest BCUT2D eigenvalue weighted by Gasteiger charge is -2.08. The summed E-state index contributed by atoms with van der Waals surface area (Å²) in [5, 5.41) is 5.33. The number of hydrogen-bond donors (Lipinski definition) is 2. The molecule has 0 saturated carbocycles. The quantitative estimate of drug-likeness (QED) is 0.482. The van der Waals surface area contributed by atoms with Gasteiger partial charge in [-0.15, -0.1) is 0 Å². The second-order valence-corrected chi connectivity index (χ2v) is 5.97. The van der Waals surface area contributed by atoms with E-state index in [0.29, 0.717) is 0 Å².